The van der Waals surface area contributed by atoms with Crippen LogP contribution in [-0.2, 0) is 4.79 Å². The van der Waals surface area contributed by atoms with Crippen LogP contribution in [0, 0.1) is 0 Å². The predicted octanol–water partition coefficient (Wildman–Crippen LogP) is 0.110. The van der Waals surface area contributed by atoms with E-state index in [1.165, 1.54) is 18.5 Å². The normalized spacial score (nSPS) is 16.2. The van der Waals surface area contributed by atoms with Crippen molar-refractivity contribution in [1.82, 2.24) is 0 Å². The van der Waals surface area contributed by atoms with Crippen molar-refractivity contribution in [1.29, 1.82) is 0 Å². The van der Waals surface area contributed by atoms with Gasteiger partial charge in [-0.1, -0.05) is 0 Å². The molecule has 0 aromatic carbocycles. The van der Waals surface area contributed by atoms with Gasteiger partial charge in [0.2, 0.25) is 0 Å². The Balaban J connectivity index is 2.83. The summed E-state index contributed by atoms with van der Waals surface area (Å²) in [6, 6.07) is 0. The predicted molar refractivity (Wildman–Crippen MR) is 37.6 cm³/mol. The number of carboxylic acids is 1. The van der Waals surface area contributed by atoms with Crippen LogP contribution < -0.4 is 0 Å². The molecule has 1 N–H and O–H groups in total. The molecule has 0 aliphatic carbocycles. The van der Waals surface area contributed by atoms with Crippen molar-refractivity contribution >= 4 is 18.4 Å². The largest absolute Gasteiger partial charge is 0.477 e. The Morgan fingerprint density at radius 1 is 1.70 bits per heavy atom. The van der Waals surface area contributed by atoms with Gasteiger partial charge in [0.15, 0.2) is 0 Å². The van der Waals surface area contributed by atoms with Gasteiger partial charge in [-0.3, -0.25) is 9.98 Å². The van der Waals surface area contributed by atoms with E-state index < -0.39 is 5.97 Å². The highest BCUT2D eigenvalue weighted by Crippen LogP contribution is 1.95. The van der Waals surface area contributed by atoms with Crippen LogP contribution >= 0.6 is 0 Å². The summed E-state index contributed by atoms with van der Waals surface area (Å²) in [5.41, 5.74) is 0.0289. The molecule has 0 spiro atoms. The summed E-state index contributed by atoms with van der Waals surface area (Å²) in [6.45, 7) is 0.452. The van der Waals surface area contributed by atoms with Gasteiger partial charge < -0.3 is 5.11 Å². The fraction of sp³-hybridized carbons (Fsp3) is 0.167. The lowest BCUT2D eigenvalue weighted by Crippen LogP contribution is -1.97. The number of allylic oxidation sites excluding steroid dienone is 1. The molecule has 0 aromatic heterocycles. The summed E-state index contributed by atoms with van der Waals surface area (Å²) in [4.78, 5) is 17.7. The average molecular weight is 138 g/mol. The van der Waals surface area contributed by atoms with Crippen molar-refractivity contribution in [3.8, 4) is 0 Å². The smallest absolute Gasteiger partial charge is 0.354 e. The molecular weight excluding hydrogens is 132 g/mol. The molecule has 1 rings (SSSR count). The zero-order chi connectivity index (χ0) is 7.40. The van der Waals surface area contributed by atoms with Gasteiger partial charge in [0.1, 0.15) is 5.70 Å². The maximum atomic E-state index is 10.3. The number of carbonyl (C=O) groups is 1. The molecule has 0 radical (unpaired) electrons. The lowest BCUT2D eigenvalue weighted by molar-refractivity contribution is -0.132. The highest BCUT2D eigenvalue weighted by atomic mass is 16.4. The van der Waals surface area contributed by atoms with Gasteiger partial charge in [0, 0.05) is 12.4 Å². The lowest BCUT2D eigenvalue weighted by Gasteiger charge is -1.87. The molecule has 0 aromatic rings. The maximum absolute atomic E-state index is 10.3. The number of hydrogen-bond donors (Lipinski definition) is 1. The van der Waals surface area contributed by atoms with Crippen LogP contribution in [0.15, 0.2) is 21.8 Å². The quantitative estimate of drug-likeness (QED) is 0.559. The zero-order valence-electron chi connectivity index (χ0n) is 5.19. The average Bonchev–Trinajstić information content (AvgIpc) is 2.12. The van der Waals surface area contributed by atoms with E-state index in [0.717, 1.165) is 0 Å². The van der Waals surface area contributed by atoms with E-state index in [-0.39, 0.29) is 5.70 Å². The molecule has 1 heterocycles. The molecular formula is C6H6N2O2. The third-order valence-corrected chi connectivity index (χ3v) is 0.974. The van der Waals surface area contributed by atoms with E-state index in [9.17, 15) is 4.79 Å². The maximum Gasteiger partial charge on any atom is 0.354 e. The zero-order valence-corrected chi connectivity index (χ0v) is 5.19. The molecule has 0 unspecified atom stereocenters. The van der Waals surface area contributed by atoms with Crippen LogP contribution in [0.1, 0.15) is 0 Å². The third kappa shape index (κ3) is 1.51. The second-order valence-electron chi connectivity index (χ2n) is 1.68. The molecule has 10 heavy (non-hydrogen) atoms. The Labute approximate surface area is 57.6 Å². The molecule has 4 heteroatoms. The molecule has 0 fully saturated rings. The number of aliphatic imine (C=N–C) groups is 2. The van der Waals surface area contributed by atoms with E-state index in [2.05, 4.69) is 9.98 Å². The first kappa shape index (κ1) is 6.67. The monoisotopic (exact) mass is 138 g/mol. The molecule has 0 saturated carbocycles. The van der Waals surface area contributed by atoms with E-state index >= 15 is 0 Å². The first-order valence-corrected chi connectivity index (χ1v) is 2.76. The summed E-state index contributed by atoms with van der Waals surface area (Å²) in [5, 5.41) is 8.42. The van der Waals surface area contributed by atoms with Crippen molar-refractivity contribution in [2.45, 2.75) is 0 Å². The van der Waals surface area contributed by atoms with E-state index in [1.807, 2.05) is 0 Å². The number of rotatable bonds is 1. The standard InChI is InChI=1S/C6H6N2O2/c9-6(10)5-1-2-7-3-4-8-5/h1-2,4H,3H2,(H,9,10). The first-order valence-electron chi connectivity index (χ1n) is 2.76. The van der Waals surface area contributed by atoms with Crippen molar-refractivity contribution in [2.24, 2.45) is 9.98 Å². The minimum absolute atomic E-state index is 0.0289. The second kappa shape index (κ2) is 2.91. The molecule has 0 saturated heterocycles. The lowest BCUT2D eigenvalue weighted by atomic mass is 10.4. The van der Waals surface area contributed by atoms with Crippen LogP contribution in [0.2, 0.25) is 0 Å². The first-order chi connectivity index (χ1) is 4.80. The Bertz CT molecular complexity index is 228. The molecule has 1 aliphatic rings. The number of carboxylic acid groups (broad SMARTS) is 1. The highest BCUT2D eigenvalue weighted by Gasteiger charge is 2.02. The van der Waals surface area contributed by atoms with Gasteiger partial charge >= 0.3 is 5.97 Å². The molecule has 1 aliphatic heterocycles. The van der Waals surface area contributed by atoms with Crippen molar-refractivity contribution in [3.63, 3.8) is 0 Å². The number of nitrogens with zero attached hydrogens (tertiary/aromatic N) is 2. The van der Waals surface area contributed by atoms with Crippen LogP contribution in [0.25, 0.3) is 0 Å². The fourth-order valence-electron chi connectivity index (χ4n) is 0.540. The van der Waals surface area contributed by atoms with Gasteiger partial charge in [0.05, 0.1) is 6.54 Å². The van der Waals surface area contributed by atoms with Crippen LogP contribution in [0.4, 0.5) is 0 Å². The van der Waals surface area contributed by atoms with Crippen LogP contribution in [0.3, 0.4) is 0 Å². The SMILES string of the molecule is O=C(O)C1=CC=NCC=N1. The van der Waals surface area contributed by atoms with Gasteiger partial charge in [-0.05, 0) is 6.08 Å². The molecule has 4 nitrogen and oxygen atoms in total. The molecule has 0 amide bonds. The summed E-state index contributed by atoms with van der Waals surface area (Å²) < 4.78 is 0. The van der Waals surface area contributed by atoms with Crippen molar-refractivity contribution < 1.29 is 9.90 Å². The minimum Gasteiger partial charge on any atom is -0.477 e. The molecule has 0 bridgehead atoms. The van der Waals surface area contributed by atoms with Gasteiger partial charge in [-0.2, -0.15) is 0 Å². The minimum atomic E-state index is -1.02. The Morgan fingerprint density at radius 3 is 3.20 bits per heavy atom. The van der Waals surface area contributed by atoms with Crippen LogP contribution in [-0.4, -0.2) is 30.0 Å². The van der Waals surface area contributed by atoms with Gasteiger partial charge in [-0.25, -0.2) is 4.79 Å². The second-order valence-corrected chi connectivity index (χ2v) is 1.68. The van der Waals surface area contributed by atoms with Gasteiger partial charge in [-0.15, -0.1) is 0 Å². The number of aliphatic carboxylic acids is 1. The Morgan fingerprint density at radius 2 is 2.50 bits per heavy atom. The van der Waals surface area contributed by atoms with E-state index in [4.69, 9.17) is 5.11 Å². The molecule has 0 atom stereocenters. The molecule has 52 valence electrons. The van der Waals surface area contributed by atoms with Gasteiger partial charge in [0.25, 0.3) is 0 Å². The highest BCUT2D eigenvalue weighted by molar-refractivity contribution is 5.94. The Hall–Kier alpha value is -1.45. The van der Waals surface area contributed by atoms with E-state index in [0.29, 0.717) is 6.54 Å². The summed E-state index contributed by atoms with van der Waals surface area (Å²) in [6.07, 6.45) is 4.27. The number of hydrogen-bond acceptors (Lipinski definition) is 3. The van der Waals surface area contributed by atoms with Crippen molar-refractivity contribution in [2.75, 3.05) is 6.54 Å². The third-order valence-electron chi connectivity index (χ3n) is 0.974. The Kier molecular flexibility index (Phi) is 1.94. The van der Waals surface area contributed by atoms with E-state index in [1.54, 1.807) is 0 Å². The fourth-order valence-corrected chi connectivity index (χ4v) is 0.540. The topological polar surface area (TPSA) is 62.0 Å². The summed E-state index contributed by atoms with van der Waals surface area (Å²) in [7, 11) is 0. The summed E-state index contributed by atoms with van der Waals surface area (Å²) >= 11 is 0. The summed E-state index contributed by atoms with van der Waals surface area (Å²) in [5.74, 6) is -1.02. The van der Waals surface area contributed by atoms with Crippen molar-refractivity contribution in [3.05, 3.63) is 11.8 Å². The van der Waals surface area contributed by atoms with Crippen LogP contribution in [0.5, 0.6) is 0 Å².